The lowest BCUT2D eigenvalue weighted by Crippen LogP contribution is -2.14. The minimum absolute atomic E-state index is 0.0491. The van der Waals surface area contributed by atoms with Crippen LogP contribution in [0.5, 0.6) is 0 Å². The standard InChI is InChI=1S/C19H17F4N3O2/c1-28-7-6-24-16-5-3-12(9-15(16)19(21,22)23)25-10-14-13-4-2-11(20)8-17(13)26-18(14)27/h2-5,8-10,14,24H,6-7H2,1H3,(H,26,27). The highest BCUT2D eigenvalue weighted by atomic mass is 19.4. The van der Waals surface area contributed by atoms with Crippen molar-refractivity contribution in [2.45, 2.75) is 12.1 Å². The first-order chi connectivity index (χ1) is 13.3. The van der Waals surface area contributed by atoms with E-state index in [1.807, 2.05) is 0 Å². The Hall–Kier alpha value is -2.94. The molecule has 148 valence electrons. The van der Waals surface area contributed by atoms with Crippen LogP contribution < -0.4 is 10.6 Å². The Morgan fingerprint density at radius 2 is 2.04 bits per heavy atom. The minimum Gasteiger partial charge on any atom is -0.383 e. The molecule has 1 aliphatic rings. The lowest BCUT2D eigenvalue weighted by atomic mass is 10.0. The molecule has 0 spiro atoms. The van der Waals surface area contributed by atoms with E-state index in [9.17, 15) is 22.4 Å². The molecule has 2 N–H and O–H groups in total. The highest BCUT2D eigenvalue weighted by molar-refractivity contribution is 6.12. The van der Waals surface area contributed by atoms with Gasteiger partial charge in [0.15, 0.2) is 0 Å². The van der Waals surface area contributed by atoms with Crippen molar-refractivity contribution < 1.29 is 27.1 Å². The number of carbonyl (C=O) groups is 1. The van der Waals surface area contributed by atoms with Crippen LogP contribution in [0.4, 0.5) is 34.6 Å². The van der Waals surface area contributed by atoms with Gasteiger partial charge in [-0.25, -0.2) is 4.39 Å². The number of methoxy groups -OCH3 is 1. The highest BCUT2D eigenvalue weighted by Crippen LogP contribution is 2.38. The number of carbonyl (C=O) groups excluding carboxylic acids is 1. The second-order valence-electron chi connectivity index (χ2n) is 6.12. The molecule has 1 amide bonds. The first-order valence-electron chi connectivity index (χ1n) is 8.38. The van der Waals surface area contributed by atoms with Gasteiger partial charge >= 0.3 is 6.18 Å². The number of nitrogens with zero attached hydrogens (tertiary/aromatic N) is 1. The molecule has 0 fully saturated rings. The maximum atomic E-state index is 13.4. The molecule has 9 heteroatoms. The molecule has 1 heterocycles. The van der Waals surface area contributed by atoms with Crippen molar-refractivity contribution in [3.8, 4) is 0 Å². The summed E-state index contributed by atoms with van der Waals surface area (Å²) in [4.78, 5) is 16.1. The largest absolute Gasteiger partial charge is 0.418 e. The smallest absolute Gasteiger partial charge is 0.383 e. The van der Waals surface area contributed by atoms with Gasteiger partial charge < -0.3 is 15.4 Å². The van der Waals surface area contributed by atoms with E-state index in [1.54, 1.807) is 0 Å². The Labute approximate surface area is 158 Å². The molecule has 0 radical (unpaired) electrons. The molecule has 0 aromatic heterocycles. The molecule has 0 saturated carbocycles. The third kappa shape index (κ3) is 4.30. The van der Waals surface area contributed by atoms with E-state index < -0.39 is 29.4 Å². The van der Waals surface area contributed by atoms with Gasteiger partial charge in [0, 0.05) is 31.2 Å². The number of benzene rings is 2. The normalized spacial score (nSPS) is 16.3. The Morgan fingerprint density at radius 1 is 1.25 bits per heavy atom. The van der Waals surface area contributed by atoms with Gasteiger partial charge in [-0.05, 0) is 35.9 Å². The Balaban J connectivity index is 1.85. The number of rotatable bonds is 6. The van der Waals surface area contributed by atoms with E-state index in [1.165, 1.54) is 43.7 Å². The molecule has 2 aromatic carbocycles. The number of hydrogen-bond acceptors (Lipinski definition) is 4. The average molecular weight is 395 g/mol. The second kappa shape index (κ2) is 7.97. The molecule has 0 saturated heterocycles. The predicted molar refractivity (Wildman–Crippen MR) is 97.7 cm³/mol. The van der Waals surface area contributed by atoms with E-state index in [4.69, 9.17) is 4.74 Å². The molecule has 1 unspecified atom stereocenters. The number of nitrogens with one attached hydrogen (secondary N) is 2. The zero-order valence-electron chi connectivity index (χ0n) is 14.8. The topological polar surface area (TPSA) is 62.7 Å². The summed E-state index contributed by atoms with van der Waals surface area (Å²) < 4.78 is 58.2. The van der Waals surface area contributed by atoms with Crippen molar-refractivity contribution in [3.63, 3.8) is 0 Å². The van der Waals surface area contributed by atoms with Gasteiger partial charge in [0.25, 0.3) is 0 Å². The monoisotopic (exact) mass is 395 g/mol. The zero-order chi connectivity index (χ0) is 20.3. The first-order valence-corrected chi connectivity index (χ1v) is 8.38. The number of alkyl halides is 3. The Morgan fingerprint density at radius 3 is 2.75 bits per heavy atom. The molecule has 5 nitrogen and oxygen atoms in total. The fourth-order valence-electron chi connectivity index (χ4n) is 2.86. The van der Waals surface area contributed by atoms with Crippen molar-refractivity contribution in [2.24, 2.45) is 4.99 Å². The van der Waals surface area contributed by atoms with Crippen LogP contribution in [0.3, 0.4) is 0 Å². The van der Waals surface area contributed by atoms with Crippen molar-refractivity contribution in [1.29, 1.82) is 0 Å². The number of hydrogen-bond donors (Lipinski definition) is 2. The molecule has 2 aromatic rings. The lowest BCUT2D eigenvalue weighted by molar-refractivity contribution is -0.137. The average Bonchev–Trinajstić information content (AvgIpc) is 2.94. The van der Waals surface area contributed by atoms with Gasteiger partial charge in [-0.15, -0.1) is 0 Å². The van der Waals surface area contributed by atoms with Crippen LogP contribution in [0.2, 0.25) is 0 Å². The van der Waals surface area contributed by atoms with Gasteiger partial charge in [0.05, 0.1) is 17.9 Å². The quantitative estimate of drug-likeness (QED) is 0.435. The molecular weight excluding hydrogens is 378 g/mol. The summed E-state index contributed by atoms with van der Waals surface area (Å²) in [6, 6.07) is 7.45. The number of amides is 1. The zero-order valence-corrected chi connectivity index (χ0v) is 14.8. The second-order valence-corrected chi connectivity index (χ2v) is 6.12. The van der Waals surface area contributed by atoms with Crippen LogP contribution in [0.15, 0.2) is 41.4 Å². The van der Waals surface area contributed by atoms with Crippen molar-refractivity contribution in [2.75, 3.05) is 30.9 Å². The lowest BCUT2D eigenvalue weighted by Gasteiger charge is -2.15. The summed E-state index contributed by atoms with van der Waals surface area (Å²) in [7, 11) is 1.45. The van der Waals surface area contributed by atoms with Gasteiger partial charge in [-0.1, -0.05) is 6.07 Å². The fraction of sp³-hybridized carbons (Fsp3) is 0.263. The van der Waals surface area contributed by atoms with E-state index in [2.05, 4.69) is 15.6 Å². The number of fused-ring (bicyclic) bond motifs is 1. The van der Waals surface area contributed by atoms with Crippen LogP contribution in [0.25, 0.3) is 0 Å². The molecular formula is C19H17F4N3O2. The minimum atomic E-state index is -4.57. The van der Waals surface area contributed by atoms with Gasteiger partial charge in [-0.2, -0.15) is 13.2 Å². The SMILES string of the molecule is COCCNc1ccc(N=CC2C(=O)Nc3cc(F)ccc32)cc1C(F)(F)F. The maximum Gasteiger partial charge on any atom is 0.418 e. The van der Waals surface area contributed by atoms with Gasteiger partial charge in [-0.3, -0.25) is 9.79 Å². The summed E-state index contributed by atoms with van der Waals surface area (Å²) in [6.07, 6.45) is -3.32. The Kier molecular flexibility index (Phi) is 5.64. The van der Waals surface area contributed by atoms with Crippen LogP contribution >= 0.6 is 0 Å². The predicted octanol–water partition coefficient (Wildman–Crippen LogP) is 4.34. The fourth-order valence-corrected chi connectivity index (χ4v) is 2.86. The third-order valence-corrected chi connectivity index (χ3v) is 4.19. The summed E-state index contributed by atoms with van der Waals surface area (Å²) in [5.74, 6) is -1.72. The summed E-state index contributed by atoms with van der Waals surface area (Å²) in [5.41, 5.74) is -0.0494. The molecule has 28 heavy (non-hydrogen) atoms. The van der Waals surface area contributed by atoms with Crippen molar-refractivity contribution >= 4 is 29.2 Å². The van der Waals surface area contributed by atoms with Crippen LogP contribution in [0, 0.1) is 5.82 Å². The van der Waals surface area contributed by atoms with Crippen molar-refractivity contribution in [1.82, 2.24) is 0 Å². The number of anilines is 2. The number of ether oxygens (including phenoxy) is 1. The molecule has 0 aliphatic carbocycles. The highest BCUT2D eigenvalue weighted by Gasteiger charge is 2.34. The van der Waals surface area contributed by atoms with E-state index in [-0.39, 0.29) is 24.5 Å². The first kappa shape index (κ1) is 19.8. The van der Waals surface area contributed by atoms with Crippen LogP contribution in [0.1, 0.15) is 17.0 Å². The van der Waals surface area contributed by atoms with Crippen molar-refractivity contribution in [3.05, 3.63) is 53.3 Å². The summed E-state index contributed by atoms with van der Waals surface area (Å²) in [6.45, 7) is 0.478. The summed E-state index contributed by atoms with van der Waals surface area (Å²) in [5, 5.41) is 5.20. The molecule has 3 rings (SSSR count). The Bertz CT molecular complexity index is 913. The van der Waals surface area contributed by atoms with Crippen LogP contribution in [-0.2, 0) is 15.7 Å². The molecule has 0 bridgehead atoms. The maximum absolute atomic E-state index is 13.4. The third-order valence-electron chi connectivity index (χ3n) is 4.19. The van der Waals surface area contributed by atoms with Crippen LogP contribution in [-0.4, -0.2) is 32.4 Å². The summed E-state index contributed by atoms with van der Waals surface area (Å²) >= 11 is 0. The van der Waals surface area contributed by atoms with E-state index >= 15 is 0 Å². The molecule has 1 aliphatic heterocycles. The number of halogens is 4. The molecule has 1 atom stereocenters. The van der Waals surface area contributed by atoms with Gasteiger partial charge in [0.2, 0.25) is 5.91 Å². The number of aliphatic imine (C=N–C) groups is 1. The van der Waals surface area contributed by atoms with E-state index in [0.29, 0.717) is 11.3 Å². The van der Waals surface area contributed by atoms with E-state index in [0.717, 1.165) is 6.07 Å². The van der Waals surface area contributed by atoms with Gasteiger partial charge in [0.1, 0.15) is 11.7 Å².